The van der Waals surface area contributed by atoms with E-state index in [2.05, 4.69) is 27.2 Å². The smallest absolute Gasteiger partial charge is 0.0417 e. The van der Waals surface area contributed by atoms with E-state index in [4.69, 9.17) is 0 Å². The lowest BCUT2D eigenvalue weighted by Crippen LogP contribution is -1.87. The fraction of sp³-hybridized carbons (Fsp3) is 0.941. The van der Waals surface area contributed by atoms with E-state index >= 15 is 0 Å². The molecule has 0 aliphatic carbocycles. The summed E-state index contributed by atoms with van der Waals surface area (Å²) >= 11 is 0. The Morgan fingerprint density at radius 3 is 1.47 bits per heavy atom. The molecule has 0 rings (SSSR count). The molecular formula is C17H35. The Kier molecular flexibility index (Phi) is 14.1. The van der Waals surface area contributed by atoms with Crippen molar-refractivity contribution in [3.63, 3.8) is 0 Å². The van der Waals surface area contributed by atoms with Gasteiger partial charge in [0.05, 0.1) is 0 Å². The Balaban J connectivity index is 2.89. The third-order valence-electron chi connectivity index (χ3n) is 3.52. The molecule has 0 aromatic carbocycles. The zero-order valence-electron chi connectivity index (χ0n) is 12.6. The summed E-state index contributed by atoms with van der Waals surface area (Å²) in [5.74, 6) is 0.898. The molecule has 0 aliphatic heterocycles. The Morgan fingerprint density at radius 2 is 1.06 bits per heavy atom. The third kappa shape index (κ3) is 16.0. The second kappa shape index (κ2) is 14.1. The molecule has 103 valence electrons. The highest BCUT2D eigenvalue weighted by Gasteiger charge is 1.95. The van der Waals surface area contributed by atoms with Gasteiger partial charge in [-0.25, -0.2) is 0 Å². The number of hydrogen-bond donors (Lipinski definition) is 0. The molecule has 0 aromatic heterocycles. The Labute approximate surface area is 111 Å². The van der Waals surface area contributed by atoms with Crippen LogP contribution in [0.5, 0.6) is 0 Å². The molecule has 0 atom stereocenters. The van der Waals surface area contributed by atoms with Crippen LogP contribution in [0.25, 0.3) is 0 Å². The van der Waals surface area contributed by atoms with Crippen LogP contribution in [0.4, 0.5) is 0 Å². The van der Waals surface area contributed by atoms with Gasteiger partial charge >= 0.3 is 0 Å². The molecule has 0 saturated heterocycles. The van der Waals surface area contributed by atoms with Gasteiger partial charge in [0, 0.05) is 0 Å². The van der Waals surface area contributed by atoms with Crippen molar-refractivity contribution in [3.8, 4) is 0 Å². The van der Waals surface area contributed by atoms with Crippen molar-refractivity contribution in [2.45, 2.75) is 97.8 Å². The molecule has 0 fully saturated rings. The predicted molar refractivity (Wildman–Crippen MR) is 80.2 cm³/mol. The highest BCUT2D eigenvalue weighted by Crippen LogP contribution is 2.13. The van der Waals surface area contributed by atoms with Crippen LogP contribution >= 0.6 is 0 Å². The normalized spacial score (nSPS) is 11.3. The summed E-state index contributed by atoms with van der Waals surface area (Å²) in [7, 11) is 0. The standard InChI is InChI=1S/C17H35/c1-4-5-6-7-8-9-10-11-12-13-14-15-16-17(2)3/h4,17H,5-16H2,1-3H3. The van der Waals surface area contributed by atoms with Gasteiger partial charge in [0.15, 0.2) is 0 Å². The number of rotatable bonds is 13. The minimum atomic E-state index is 0.898. The van der Waals surface area contributed by atoms with Crippen LogP contribution in [0, 0.1) is 12.3 Å². The van der Waals surface area contributed by atoms with Crippen molar-refractivity contribution in [1.82, 2.24) is 0 Å². The number of hydrogen-bond acceptors (Lipinski definition) is 0. The Morgan fingerprint density at radius 1 is 0.647 bits per heavy atom. The van der Waals surface area contributed by atoms with Crippen LogP contribution in [0.1, 0.15) is 97.8 Å². The van der Waals surface area contributed by atoms with Gasteiger partial charge in [0.25, 0.3) is 0 Å². The lowest BCUT2D eigenvalue weighted by atomic mass is 10.0. The van der Waals surface area contributed by atoms with Gasteiger partial charge in [0.1, 0.15) is 0 Å². The average molecular weight is 239 g/mol. The molecule has 0 N–H and O–H groups in total. The summed E-state index contributed by atoms with van der Waals surface area (Å²) in [4.78, 5) is 0. The molecule has 0 nitrogen and oxygen atoms in total. The van der Waals surface area contributed by atoms with Crippen LogP contribution in [-0.4, -0.2) is 0 Å². The van der Waals surface area contributed by atoms with Gasteiger partial charge in [-0.15, -0.1) is 0 Å². The second-order valence-electron chi connectivity index (χ2n) is 5.91. The number of unbranched alkanes of at least 4 members (excludes halogenated alkanes) is 11. The topological polar surface area (TPSA) is 0 Å². The maximum absolute atomic E-state index is 2.33. The quantitative estimate of drug-likeness (QED) is 0.320. The largest absolute Gasteiger partial charge is 0.0628 e. The van der Waals surface area contributed by atoms with Crippen LogP contribution in [0.15, 0.2) is 0 Å². The third-order valence-corrected chi connectivity index (χ3v) is 3.52. The first-order valence-corrected chi connectivity index (χ1v) is 8.05. The van der Waals surface area contributed by atoms with Gasteiger partial charge in [-0.2, -0.15) is 0 Å². The first-order chi connectivity index (χ1) is 8.27. The molecule has 0 unspecified atom stereocenters. The highest BCUT2D eigenvalue weighted by molar-refractivity contribution is 4.55. The van der Waals surface area contributed by atoms with E-state index in [0.29, 0.717) is 0 Å². The van der Waals surface area contributed by atoms with Gasteiger partial charge in [-0.1, -0.05) is 97.8 Å². The summed E-state index contributed by atoms with van der Waals surface area (Å²) in [5.41, 5.74) is 0. The zero-order chi connectivity index (χ0) is 12.8. The summed E-state index contributed by atoms with van der Waals surface area (Å²) in [6.07, 6.45) is 19.6. The molecule has 0 spiro atoms. The van der Waals surface area contributed by atoms with Crippen molar-refractivity contribution >= 4 is 0 Å². The van der Waals surface area contributed by atoms with E-state index < -0.39 is 0 Å². The molecule has 0 heterocycles. The van der Waals surface area contributed by atoms with Crippen LogP contribution in [-0.2, 0) is 0 Å². The maximum Gasteiger partial charge on any atom is -0.0417 e. The monoisotopic (exact) mass is 239 g/mol. The molecule has 17 heavy (non-hydrogen) atoms. The Bertz CT molecular complexity index is 126. The SMILES string of the molecule is C[CH]CCCCCCCCCCCCC(C)C. The fourth-order valence-electron chi connectivity index (χ4n) is 2.32. The van der Waals surface area contributed by atoms with Gasteiger partial charge in [-0.3, -0.25) is 0 Å². The minimum absolute atomic E-state index is 0.898. The summed E-state index contributed by atoms with van der Waals surface area (Å²) in [6.45, 7) is 6.83. The van der Waals surface area contributed by atoms with E-state index in [-0.39, 0.29) is 0 Å². The van der Waals surface area contributed by atoms with Gasteiger partial charge in [0.2, 0.25) is 0 Å². The van der Waals surface area contributed by atoms with Crippen molar-refractivity contribution in [2.75, 3.05) is 0 Å². The second-order valence-corrected chi connectivity index (χ2v) is 5.91. The van der Waals surface area contributed by atoms with E-state index in [0.717, 1.165) is 5.92 Å². The molecule has 0 amide bonds. The molecule has 0 bridgehead atoms. The molecule has 0 heteroatoms. The highest BCUT2D eigenvalue weighted by atomic mass is 14.0. The predicted octanol–water partition coefficient (Wildman–Crippen LogP) is 6.55. The summed E-state index contributed by atoms with van der Waals surface area (Å²) in [5, 5.41) is 0. The zero-order valence-corrected chi connectivity index (χ0v) is 12.6. The molecule has 0 aromatic rings. The summed E-state index contributed by atoms with van der Waals surface area (Å²) < 4.78 is 0. The summed E-state index contributed by atoms with van der Waals surface area (Å²) in [6, 6.07) is 0. The first-order valence-electron chi connectivity index (χ1n) is 8.05. The minimum Gasteiger partial charge on any atom is -0.0628 e. The van der Waals surface area contributed by atoms with Gasteiger partial charge in [-0.05, 0) is 12.3 Å². The Hall–Kier alpha value is 0. The average Bonchev–Trinajstić information content (AvgIpc) is 2.30. The van der Waals surface area contributed by atoms with E-state index in [1.165, 1.54) is 77.0 Å². The van der Waals surface area contributed by atoms with Crippen molar-refractivity contribution in [1.29, 1.82) is 0 Å². The lowest BCUT2D eigenvalue weighted by molar-refractivity contribution is 0.504. The van der Waals surface area contributed by atoms with Crippen LogP contribution in [0.3, 0.4) is 0 Å². The lowest BCUT2D eigenvalue weighted by Gasteiger charge is -2.04. The van der Waals surface area contributed by atoms with Crippen LogP contribution < -0.4 is 0 Å². The molecule has 0 saturated carbocycles. The first kappa shape index (κ1) is 17.0. The van der Waals surface area contributed by atoms with E-state index in [1.54, 1.807) is 0 Å². The van der Waals surface area contributed by atoms with Crippen molar-refractivity contribution < 1.29 is 0 Å². The van der Waals surface area contributed by atoms with Crippen molar-refractivity contribution in [2.24, 2.45) is 5.92 Å². The molecule has 0 aliphatic rings. The van der Waals surface area contributed by atoms with E-state index in [9.17, 15) is 0 Å². The van der Waals surface area contributed by atoms with E-state index in [1.807, 2.05) is 0 Å². The van der Waals surface area contributed by atoms with Crippen molar-refractivity contribution in [3.05, 3.63) is 6.42 Å². The van der Waals surface area contributed by atoms with Gasteiger partial charge < -0.3 is 0 Å². The molecule has 1 radical (unpaired) electrons. The molecular weight excluding hydrogens is 204 g/mol. The van der Waals surface area contributed by atoms with Crippen LogP contribution in [0.2, 0.25) is 0 Å². The maximum atomic E-state index is 2.33. The fourth-order valence-corrected chi connectivity index (χ4v) is 2.32.